The van der Waals surface area contributed by atoms with Gasteiger partial charge >= 0.3 is 0 Å². The molecule has 1 aromatic rings. The van der Waals surface area contributed by atoms with Crippen molar-refractivity contribution in [3.05, 3.63) is 33.3 Å². The molecule has 0 unspecified atom stereocenters. The summed E-state index contributed by atoms with van der Waals surface area (Å²) in [6, 6.07) is 3.19. The Balaban J connectivity index is 3.35. The topological polar surface area (TPSA) is 80.5 Å². The number of nitro groups is 1. The summed E-state index contributed by atoms with van der Waals surface area (Å²) in [5.74, 6) is 0. The van der Waals surface area contributed by atoms with Crippen LogP contribution in [0.15, 0.2) is 23.1 Å². The van der Waals surface area contributed by atoms with Gasteiger partial charge in [0.2, 0.25) is 10.0 Å². The molecule has 1 aromatic carbocycles. The normalized spacial score (nSPS) is 12.1. The largest absolute Gasteiger partial charge is 0.289 e. The summed E-state index contributed by atoms with van der Waals surface area (Å²) < 4.78 is 25.4. The molecule has 0 aliphatic heterocycles. The van der Waals surface area contributed by atoms with Crippen molar-refractivity contribution in [2.24, 2.45) is 0 Å². The highest BCUT2D eigenvalue weighted by molar-refractivity contribution is 7.89. The SMILES string of the molecule is CC(C)N(C)S(=O)(=O)c1ccc(Cl)c([N+](=O)[O-])c1. The maximum absolute atomic E-state index is 12.1. The van der Waals surface area contributed by atoms with Crippen LogP contribution in [0.4, 0.5) is 5.69 Å². The van der Waals surface area contributed by atoms with E-state index < -0.39 is 20.6 Å². The Morgan fingerprint density at radius 1 is 1.39 bits per heavy atom. The third kappa shape index (κ3) is 2.80. The molecule has 0 fully saturated rings. The van der Waals surface area contributed by atoms with E-state index in [1.807, 2.05) is 0 Å². The lowest BCUT2D eigenvalue weighted by molar-refractivity contribution is -0.384. The van der Waals surface area contributed by atoms with E-state index in [1.165, 1.54) is 19.2 Å². The predicted molar refractivity (Wildman–Crippen MR) is 68.2 cm³/mol. The van der Waals surface area contributed by atoms with Crippen molar-refractivity contribution < 1.29 is 13.3 Å². The Hall–Kier alpha value is -1.18. The molecule has 0 spiro atoms. The second-order valence-corrected chi connectivity index (χ2v) is 6.39. The van der Waals surface area contributed by atoms with Crippen LogP contribution in [0.5, 0.6) is 0 Å². The van der Waals surface area contributed by atoms with Gasteiger partial charge in [-0.3, -0.25) is 10.1 Å². The van der Waals surface area contributed by atoms with E-state index in [9.17, 15) is 18.5 Å². The molecule has 0 aromatic heterocycles. The van der Waals surface area contributed by atoms with Crippen molar-refractivity contribution in [2.45, 2.75) is 24.8 Å². The second kappa shape index (κ2) is 5.21. The molecular formula is C10H13ClN2O4S. The molecule has 100 valence electrons. The summed E-state index contributed by atoms with van der Waals surface area (Å²) in [7, 11) is -2.32. The van der Waals surface area contributed by atoms with Crippen molar-refractivity contribution in [2.75, 3.05) is 7.05 Å². The molecule has 0 saturated carbocycles. The van der Waals surface area contributed by atoms with E-state index >= 15 is 0 Å². The van der Waals surface area contributed by atoms with Gasteiger partial charge in [0.05, 0.1) is 9.82 Å². The van der Waals surface area contributed by atoms with E-state index in [0.29, 0.717) is 0 Å². The molecule has 0 bridgehead atoms. The van der Waals surface area contributed by atoms with Gasteiger partial charge < -0.3 is 0 Å². The summed E-state index contributed by atoms with van der Waals surface area (Å²) in [5, 5.41) is 10.6. The molecule has 0 aliphatic rings. The van der Waals surface area contributed by atoms with Crippen molar-refractivity contribution in [1.82, 2.24) is 4.31 Å². The molecule has 0 aliphatic carbocycles. The Bertz CT molecular complexity index is 571. The van der Waals surface area contributed by atoms with Crippen LogP contribution in [0.25, 0.3) is 0 Å². The fraction of sp³-hybridized carbons (Fsp3) is 0.400. The van der Waals surface area contributed by atoms with Gasteiger partial charge in [0.25, 0.3) is 5.69 Å². The summed E-state index contributed by atoms with van der Waals surface area (Å²) >= 11 is 5.63. The van der Waals surface area contributed by atoms with E-state index in [4.69, 9.17) is 11.6 Å². The van der Waals surface area contributed by atoms with Crippen LogP contribution in [-0.4, -0.2) is 30.7 Å². The van der Waals surface area contributed by atoms with E-state index in [-0.39, 0.29) is 16.0 Å². The lowest BCUT2D eigenvalue weighted by Crippen LogP contribution is -2.33. The molecule has 0 atom stereocenters. The molecule has 6 nitrogen and oxygen atoms in total. The molecule has 0 heterocycles. The van der Waals surface area contributed by atoms with Crippen LogP contribution in [0.1, 0.15) is 13.8 Å². The maximum atomic E-state index is 12.1. The third-order valence-electron chi connectivity index (χ3n) is 2.52. The number of sulfonamides is 1. The standard InChI is InChI=1S/C10H13ClN2O4S/c1-7(2)12(3)18(16,17)8-4-5-9(11)10(6-8)13(14)15/h4-7H,1-3H3. The Morgan fingerprint density at radius 3 is 2.39 bits per heavy atom. The van der Waals surface area contributed by atoms with Crippen LogP contribution >= 0.6 is 11.6 Å². The van der Waals surface area contributed by atoms with Gasteiger partial charge in [-0.25, -0.2) is 8.42 Å². The summed E-state index contributed by atoms with van der Waals surface area (Å²) in [4.78, 5) is 9.86. The zero-order chi connectivity index (χ0) is 14.1. The lowest BCUT2D eigenvalue weighted by Gasteiger charge is -2.20. The number of halogens is 1. The highest BCUT2D eigenvalue weighted by Gasteiger charge is 2.26. The molecular weight excluding hydrogens is 280 g/mol. The predicted octanol–water partition coefficient (Wildman–Crippen LogP) is 2.28. The molecule has 1 rings (SSSR count). The van der Waals surface area contributed by atoms with Gasteiger partial charge in [0, 0.05) is 19.2 Å². The van der Waals surface area contributed by atoms with Gasteiger partial charge in [-0.15, -0.1) is 0 Å². The average Bonchev–Trinajstić information content (AvgIpc) is 2.27. The first kappa shape index (κ1) is 14.9. The van der Waals surface area contributed by atoms with Gasteiger partial charge in [-0.2, -0.15) is 4.31 Å². The third-order valence-corrected chi connectivity index (χ3v) is 4.87. The smallest absolute Gasteiger partial charge is 0.258 e. The molecule has 0 radical (unpaired) electrons. The number of nitrogens with zero attached hydrogens (tertiary/aromatic N) is 2. The Kier molecular flexibility index (Phi) is 4.31. The van der Waals surface area contributed by atoms with Crippen LogP contribution in [-0.2, 0) is 10.0 Å². The van der Waals surface area contributed by atoms with Crippen molar-refractivity contribution in [1.29, 1.82) is 0 Å². The van der Waals surface area contributed by atoms with Gasteiger partial charge in [-0.05, 0) is 26.0 Å². The van der Waals surface area contributed by atoms with Gasteiger partial charge in [0.1, 0.15) is 5.02 Å². The zero-order valence-corrected chi connectivity index (χ0v) is 11.7. The fourth-order valence-electron chi connectivity index (χ4n) is 1.24. The monoisotopic (exact) mass is 292 g/mol. The Labute approximate surface area is 110 Å². The van der Waals surface area contributed by atoms with Crippen molar-refractivity contribution in [3.8, 4) is 0 Å². The van der Waals surface area contributed by atoms with E-state index in [1.54, 1.807) is 13.8 Å². The zero-order valence-electron chi connectivity index (χ0n) is 10.1. The molecule has 0 saturated heterocycles. The molecule has 8 heteroatoms. The first-order valence-corrected chi connectivity index (χ1v) is 6.91. The molecule has 0 amide bonds. The lowest BCUT2D eigenvalue weighted by atomic mass is 10.3. The average molecular weight is 293 g/mol. The van der Waals surface area contributed by atoms with Crippen molar-refractivity contribution >= 4 is 27.3 Å². The number of rotatable bonds is 4. The van der Waals surface area contributed by atoms with E-state index in [2.05, 4.69) is 0 Å². The minimum atomic E-state index is -3.74. The first-order chi connectivity index (χ1) is 8.17. The van der Waals surface area contributed by atoms with Gasteiger partial charge in [0.15, 0.2) is 0 Å². The summed E-state index contributed by atoms with van der Waals surface area (Å²) in [6.07, 6.45) is 0. The number of hydrogen-bond donors (Lipinski definition) is 0. The van der Waals surface area contributed by atoms with E-state index in [0.717, 1.165) is 10.4 Å². The fourth-order valence-corrected chi connectivity index (χ4v) is 2.81. The van der Waals surface area contributed by atoms with Crippen LogP contribution < -0.4 is 0 Å². The Morgan fingerprint density at radius 2 is 1.94 bits per heavy atom. The highest BCUT2D eigenvalue weighted by Crippen LogP contribution is 2.28. The van der Waals surface area contributed by atoms with Crippen molar-refractivity contribution in [3.63, 3.8) is 0 Å². The quantitative estimate of drug-likeness (QED) is 0.630. The minimum Gasteiger partial charge on any atom is -0.258 e. The summed E-state index contributed by atoms with van der Waals surface area (Å²) in [5.41, 5.74) is -0.421. The number of nitro benzene ring substituents is 1. The highest BCUT2D eigenvalue weighted by atomic mass is 35.5. The van der Waals surface area contributed by atoms with Crippen LogP contribution in [0.3, 0.4) is 0 Å². The summed E-state index contributed by atoms with van der Waals surface area (Å²) in [6.45, 7) is 3.42. The maximum Gasteiger partial charge on any atom is 0.289 e. The van der Waals surface area contributed by atoms with Gasteiger partial charge in [-0.1, -0.05) is 11.6 Å². The molecule has 0 N–H and O–H groups in total. The van der Waals surface area contributed by atoms with Crippen LogP contribution in [0, 0.1) is 10.1 Å². The number of hydrogen-bond acceptors (Lipinski definition) is 4. The van der Waals surface area contributed by atoms with Crippen LogP contribution in [0.2, 0.25) is 5.02 Å². The second-order valence-electron chi connectivity index (χ2n) is 3.99. The number of benzene rings is 1. The minimum absolute atomic E-state index is 0.0915. The molecule has 18 heavy (non-hydrogen) atoms. The first-order valence-electron chi connectivity index (χ1n) is 5.10.